The van der Waals surface area contributed by atoms with Crippen molar-refractivity contribution in [3.8, 4) is 0 Å². The lowest BCUT2D eigenvalue weighted by Crippen LogP contribution is -2.08. The lowest BCUT2D eigenvalue weighted by molar-refractivity contribution is 0.574. The molecule has 1 saturated heterocycles. The zero-order valence-electron chi connectivity index (χ0n) is 4.94. The molecule has 0 atom stereocenters. The Balaban J connectivity index is 0.000000320. The molecule has 1 spiro atoms. The molecule has 2 aliphatic rings. The molecule has 1 aliphatic carbocycles. The molecule has 0 aromatic rings. The van der Waals surface area contributed by atoms with Gasteiger partial charge in [0.05, 0.1) is 0 Å². The molecule has 0 bridgehead atoms. The van der Waals surface area contributed by atoms with Crippen LogP contribution in [0.4, 0.5) is 0 Å². The van der Waals surface area contributed by atoms with Crippen LogP contribution in [0.25, 0.3) is 0 Å². The second-order valence-corrected chi connectivity index (χ2v) is 2.93. The number of rotatable bonds is 0. The molecular weight excluding hydrogens is 122 g/mol. The Morgan fingerprint density at radius 1 is 1.12 bits per heavy atom. The van der Waals surface area contributed by atoms with Crippen LogP contribution in [0.2, 0.25) is 0 Å². The molecule has 2 fully saturated rings. The van der Waals surface area contributed by atoms with Crippen LogP contribution in [0.5, 0.6) is 0 Å². The van der Waals surface area contributed by atoms with Crippen LogP contribution in [0, 0.1) is 5.41 Å². The van der Waals surface area contributed by atoms with Gasteiger partial charge in [-0.15, -0.1) is 12.4 Å². The van der Waals surface area contributed by atoms with Gasteiger partial charge < -0.3 is 5.32 Å². The van der Waals surface area contributed by atoms with Gasteiger partial charge in [0, 0.05) is 6.54 Å². The molecule has 0 radical (unpaired) electrons. The Bertz CT molecular complexity index is 80.5. The van der Waals surface area contributed by atoms with E-state index in [1.54, 1.807) is 0 Å². The summed E-state index contributed by atoms with van der Waals surface area (Å²) in [5, 5.41) is 3.38. The summed E-state index contributed by atoms with van der Waals surface area (Å²) in [5.74, 6) is 0. The number of hydrogen-bond acceptors (Lipinski definition) is 1. The summed E-state index contributed by atoms with van der Waals surface area (Å²) in [4.78, 5) is 0. The van der Waals surface area contributed by atoms with Gasteiger partial charge in [0.15, 0.2) is 0 Å². The maximum atomic E-state index is 3.38. The van der Waals surface area contributed by atoms with E-state index in [9.17, 15) is 0 Å². The van der Waals surface area contributed by atoms with Crippen molar-refractivity contribution in [2.24, 2.45) is 5.41 Å². The van der Waals surface area contributed by atoms with Crippen molar-refractivity contribution < 1.29 is 0 Å². The topological polar surface area (TPSA) is 12.0 Å². The minimum Gasteiger partial charge on any atom is -0.316 e. The van der Waals surface area contributed by atoms with Crippen LogP contribution < -0.4 is 5.32 Å². The molecule has 0 aromatic heterocycles. The number of nitrogens with one attached hydrogen (secondary N) is 1. The summed E-state index contributed by atoms with van der Waals surface area (Å²) in [6.45, 7) is 2.59. The van der Waals surface area contributed by atoms with Crippen LogP contribution >= 0.6 is 12.4 Å². The summed E-state index contributed by atoms with van der Waals surface area (Å²) < 4.78 is 0. The van der Waals surface area contributed by atoms with E-state index in [4.69, 9.17) is 0 Å². The third-order valence-corrected chi connectivity index (χ3v) is 2.29. The Morgan fingerprint density at radius 2 is 1.88 bits per heavy atom. The highest BCUT2D eigenvalue weighted by atomic mass is 35.5. The van der Waals surface area contributed by atoms with Gasteiger partial charge in [-0.05, 0) is 31.2 Å². The van der Waals surface area contributed by atoms with E-state index in [1.165, 1.54) is 32.4 Å². The third kappa shape index (κ3) is 0.848. The van der Waals surface area contributed by atoms with Crippen molar-refractivity contribution in [3.05, 3.63) is 0 Å². The van der Waals surface area contributed by atoms with Crippen LogP contribution in [0.15, 0.2) is 0 Å². The van der Waals surface area contributed by atoms with Crippen molar-refractivity contribution in [2.45, 2.75) is 19.3 Å². The van der Waals surface area contributed by atoms with Gasteiger partial charge >= 0.3 is 0 Å². The summed E-state index contributed by atoms with van der Waals surface area (Å²) in [7, 11) is 0. The van der Waals surface area contributed by atoms with Gasteiger partial charge in [0.1, 0.15) is 0 Å². The average Bonchev–Trinajstić information content (AvgIpc) is 2.15. The summed E-state index contributed by atoms with van der Waals surface area (Å²) >= 11 is 0. The quantitative estimate of drug-likeness (QED) is 0.524. The van der Waals surface area contributed by atoms with E-state index >= 15 is 0 Å². The molecule has 0 unspecified atom stereocenters. The Kier molecular flexibility index (Phi) is 1.50. The molecule has 0 aromatic carbocycles. The van der Waals surface area contributed by atoms with E-state index in [-0.39, 0.29) is 12.4 Å². The normalized spacial score (nSPS) is 30.0. The van der Waals surface area contributed by atoms with Gasteiger partial charge in [0.2, 0.25) is 0 Å². The molecule has 1 saturated carbocycles. The number of halogens is 1. The van der Waals surface area contributed by atoms with Crippen molar-refractivity contribution in [1.82, 2.24) is 5.32 Å². The van der Waals surface area contributed by atoms with Crippen molar-refractivity contribution in [3.63, 3.8) is 0 Å². The fourth-order valence-electron chi connectivity index (χ4n) is 1.40. The van der Waals surface area contributed by atoms with Crippen LogP contribution in [0.1, 0.15) is 19.3 Å². The maximum Gasteiger partial charge on any atom is 0.000829 e. The molecule has 2 heteroatoms. The predicted molar refractivity (Wildman–Crippen MR) is 36.4 cm³/mol. The van der Waals surface area contributed by atoms with Crippen molar-refractivity contribution in [2.75, 3.05) is 13.1 Å². The van der Waals surface area contributed by atoms with E-state index in [2.05, 4.69) is 5.32 Å². The van der Waals surface area contributed by atoms with E-state index < -0.39 is 0 Å². The fourth-order valence-corrected chi connectivity index (χ4v) is 1.40. The Morgan fingerprint density at radius 3 is 2.12 bits per heavy atom. The first-order chi connectivity index (χ1) is 3.41. The minimum atomic E-state index is 0. The molecular formula is C6H12ClN. The smallest absolute Gasteiger partial charge is 0.000829 e. The highest BCUT2D eigenvalue weighted by Gasteiger charge is 2.44. The molecule has 1 nitrogen and oxygen atoms in total. The third-order valence-electron chi connectivity index (χ3n) is 2.29. The first kappa shape index (κ1) is 6.37. The van der Waals surface area contributed by atoms with E-state index in [1.807, 2.05) is 0 Å². The molecule has 2 rings (SSSR count). The highest BCUT2D eigenvalue weighted by Crippen LogP contribution is 2.49. The molecule has 1 N–H and O–H groups in total. The molecule has 0 amide bonds. The molecule has 1 heterocycles. The average molecular weight is 134 g/mol. The second-order valence-electron chi connectivity index (χ2n) is 2.93. The van der Waals surface area contributed by atoms with Gasteiger partial charge in [-0.1, -0.05) is 0 Å². The van der Waals surface area contributed by atoms with E-state index in [0.29, 0.717) is 0 Å². The monoisotopic (exact) mass is 133 g/mol. The summed E-state index contributed by atoms with van der Waals surface area (Å²) in [6, 6.07) is 0. The maximum absolute atomic E-state index is 3.38. The highest BCUT2D eigenvalue weighted by molar-refractivity contribution is 5.85. The zero-order valence-corrected chi connectivity index (χ0v) is 5.76. The Labute approximate surface area is 56.3 Å². The fraction of sp³-hybridized carbons (Fsp3) is 1.00. The summed E-state index contributed by atoms with van der Waals surface area (Å²) in [6.07, 6.45) is 4.45. The van der Waals surface area contributed by atoms with Gasteiger partial charge in [-0.3, -0.25) is 0 Å². The van der Waals surface area contributed by atoms with Gasteiger partial charge in [-0.25, -0.2) is 0 Å². The second kappa shape index (κ2) is 1.89. The lowest BCUT2D eigenvalue weighted by Gasteiger charge is -1.96. The SMILES string of the molecule is C1CC2(CC2)CN1.Cl. The number of hydrogen-bond donors (Lipinski definition) is 1. The predicted octanol–water partition coefficient (Wildman–Crippen LogP) is 1.18. The van der Waals surface area contributed by atoms with Gasteiger partial charge in [0.25, 0.3) is 0 Å². The first-order valence-electron chi connectivity index (χ1n) is 3.12. The van der Waals surface area contributed by atoms with Crippen LogP contribution in [0.3, 0.4) is 0 Å². The van der Waals surface area contributed by atoms with Crippen LogP contribution in [-0.2, 0) is 0 Å². The first-order valence-corrected chi connectivity index (χ1v) is 3.12. The molecule has 48 valence electrons. The largest absolute Gasteiger partial charge is 0.316 e. The van der Waals surface area contributed by atoms with Gasteiger partial charge in [-0.2, -0.15) is 0 Å². The molecule has 1 aliphatic heterocycles. The van der Waals surface area contributed by atoms with E-state index in [0.717, 1.165) is 5.41 Å². The lowest BCUT2D eigenvalue weighted by atomic mass is 10.1. The zero-order chi connectivity index (χ0) is 4.74. The Hall–Kier alpha value is 0.250. The van der Waals surface area contributed by atoms with Crippen LogP contribution in [-0.4, -0.2) is 13.1 Å². The standard InChI is InChI=1S/C6H11N.ClH/c1-2-6(1)3-4-7-5-6;/h7H,1-5H2;1H. The van der Waals surface area contributed by atoms with Crippen molar-refractivity contribution >= 4 is 12.4 Å². The van der Waals surface area contributed by atoms with Crippen molar-refractivity contribution in [1.29, 1.82) is 0 Å². The minimum absolute atomic E-state index is 0. The molecule has 8 heavy (non-hydrogen) atoms. The summed E-state index contributed by atoms with van der Waals surface area (Å²) in [5.41, 5.74) is 0.833.